The third-order valence-electron chi connectivity index (χ3n) is 2.69. The second-order valence-electron chi connectivity index (χ2n) is 4.12. The lowest BCUT2D eigenvalue weighted by Crippen LogP contribution is -1.98. The molecule has 0 amide bonds. The maximum atomic E-state index is 5.59. The summed E-state index contributed by atoms with van der Waals surface area (Å²) in [6.07, 6.45) is 2.39. The van der Waals surface area contributed by atoms with Gasteiger partial charge < -0.3 is 9.47 Å². The van der Waals surface area contributed by atoms with Crippen molar-refractivity contribution in [3.63, 3.8) is 0 Å². The molecule has 0 spiro atoms. The van der Waals surface area contributed by atoms with Crippen molar-refractivity contribution in [1.82, 2.24) is 0 Å². The number of hydrogen-bond donors (Lipinski definition) is 0. The molecule has 86 valence electrons. The summed E-state index contributed by atoms with van der Waals surface area (Å²) in [6.45, 7) is 6.35. The number of ether oxygens (including phenoxy) is 2. The Kier molecular flexibility index (Phi) is 4.14. The SMILES string of the molecule is C=C(CCCOCc1ccccc1)[C@@H]1CO1. The van der Waals surface area contributed by atoms with Crippen molar-refractivity contribution in [2.75, 3.05) is 13.2 Å². The summed E-state index contributed by atoms with van der Waals surface area (Å²) in [6, 6.07) is 10.2. The number of hydrogen-bond acceptors (Lipinski definition) is 2. The van der Waals surface area contributed by atoms with Gasteiger partial charge in [0.2, 0.25) is 0 Å². The average molecular weight is 218 g/mol. The van der Waals surface area contributed by atoms with Crippen LogP contribution in [0.2, 0.25) is 0 Å². The highest BCUT2D eigenvalue weighted by Gasteiger charge is 2.24. The van der Waals surface area contributed by atoms with E-state index in [4.69, 9.17) is 9.47 Å². The highest BCUT2D eigenvalue weighted by Crippen LogP contribution is 2.21. The summed E-state index contributed by atoms with van der Waals surface area (Å²) in [5, 5.41) is 0. The number of epoxide rings is 1. The first-order valence-corrected chi connectivity index (χ1v) is 5.77. The predicted octanol–water partition coefficient (Wildman–Crippen LogP) is 2.94. The minimum absolute atomic E-state index is 0.342. The van der Waals surface area contributed by atoms with Gasteiger partial charge in [0, 0.05) is 6.61 Å². The molecule has 1 aromatic rings. The fraction of sp³-hybridized carbons (Fsp3) is 0.429. The molecule has 0 bridgehead atoms. The zero-order chi connectivity index (χ0) is 11.2. The van der Waals surface area contributed by atoms with Gasteiger partial charge >= 0.3 is 0 Å². The highest BCUT2D eigenvalue weighted by molar-refractivity contribution is 5.13. The summed E-state index contributed by atoms with van der Waals surface area (Å²) < 4.78 is 10.7. The summed E-state index contributed by atoms with van der Waals surface area (Å²) in [5.74, 6) is 0. The zero-order valence-corrected chi connectivity index (χ0v) is 9.52. The Labute approximate surface area is 96.9 Å². The van der Waals surface area contributed by atoms with Crippen molar-refractivity contribution in [2.45, 2.75) is 25.6 Å². The average Bonchev–Trinajstić information content (AvgIpc) is 3.13. The third kappa shape index (κ3) is 3.80. The molecule has 0 N–H and O–H groups in total. The Morgan fingerprint density at radius 2 is 2.12 bits per heavy atom. The van der Waals surface area contributed by atoms with Gasteiger partial charge in [-0.05, 0) is 24.0 Å². The van der Waals surface area contributed by atoms with Crippen molar-refractivity contribution in [2.24, 2.45) is 0 Å². The first-order chi connectivity index (χ1) is 7.86. The van der Waals surface area contributed by atoms with E-state index in [1.807, 2.05) is 18.2 Å². The van der Waals surface area contributed by atoms with E-state index in [0.717, 1.165) is 26.1 Å². The standard InChI is InChI=1S/C14H18O2/c1-12(14-11-16-14)6-5-9-15-10-13-7-3-2-4-8-13/h2-4,7-8,14H,1,5-6,9-11H2/t14-/m0/s1. The fourth-order valence-electron chi connectivity index (χ4n) is 1.61. The van der Waals surface area contributed by atoms with Gasteiger partial charge in [-0.2, -0.15) is 0 Å². The molecule has 2 heteroatoms. The molecule has 1 saturated heterocycles. The molecule has 16 heavy (non-hydrogen) atoms. The molecule has 2 nitrogen and oxygen atoms in total. The highest BCUT2D eigenvalue weighted by atomic mass is 16.6. The topological polar surface area (TPSA) is 21.8 Å². The molecule has 0 aromatic heterocycles. The maximum Gasteiger partial charge on any atom is 0.102 e. The monoisotopic (exact) mass is 218 g/mol. The van der Waals surface area contributed by atoms with Crippen molar-refractivity contribution in [3.8, 4) is 0 Å². The summed E-state index contributed by atoms with van der Waals surface area (Å²) in [7, 11) is 0. The normalized spacial score (nSPS) is 18.4. The summed E-state index contributed by atoms with van der Waals surface area (Å²) in [4.78, 5) is 0. The zero-order valence-electron chi connectivity index (χ0n) is 9.52. The second-order valence-corrected chi connectivity index (χ2v) is 4.12. The number of rotatable bonds is 7. The van der Waals surface area contributed by atoms with E-state index in [-0.39, 0.29) is 0 Å². The van der Waals surface area contributed by atoms with Crippen LogP contribution in [0.25, 0.3) is 0 Å². The van der Waals surface area contributed by atoms with Crippen molar-refractivity contribution >= 4 is 0 Å². The van der Waals surface area contributed by atoms with Gasteiger partial charge in [-0.25, -0.2) is 0 Å². The van der Waals surface area contributed by atoms with Crippen molar-refractivity contribution in [1.29, 1.82) is 0 Å². The first-order valence-electron chi connectivity index (χ1n) is 5.77. The molecule has 1 aliphatic rings. The van der Waals surface area contributed by atoms with Crippen LogP contribution in [0.3, 0.4) is 0 Å². The Hall–Kier alpha value is -1.12. The Balaban J connectivity index is 1.53. The van der Waals surface area contributed by atoms with Gasteiger partial charge in [0.05, 0.1) is 13.2 Å². The Bertz CT molecular complexity index is 328. The molecule has 2 rings (SSSR count). The van der Waals surface area contributed by atoms with E-state index >= 15 is 0 Å². The molecule has 1 aromatic carbocycles. The van der Waals surface area contributed by atoms with Gasteiger partial charge in [0.25, 0.3) is 0 Å². The van der Waals surface area contributed by atoms with E-state index < -0.39 is 0 Å². The molecule has 0 saturated carbocycles. The Morgan fingerprint density at radius 3 is 2.81 bits per heavy atom. The van der Waals surface area contributed by atoms with Crippen LogP contribution in [0, 0.1) is 0 Å². The number of benzene rings is 1. The van der Waals surface area contributed by atoms with Gasteiger partial charge in [-0.1, -0.05) is 36.9 Å². The summed E-state index contributed by atoms with van der Waals surface area (Å²) >= 11 is 0. The van der Waals surface area contributed by atoms with Crippen LogP contribution < -0.4 is 0 Å². The van der Waals surface area contributed by atoms with E-state index in [2.05, 4.69) is 18.7 Å². The first kappa shape index (κ1) is 11.4. The van der Waals surface area contributed by atoms with Gasteiger partial charge in [0.15, 0.2) is 0 Å². The molecular formula is C14H18O2. The van der Waals surface area contributed by atoms with E-state index in [0.29, 0.717) is 12.7 Å². The molecule has 1 atom stereocenters. The van der Waals surface area contributed by atoms with Crippen LogP contribution in [-0.2, 0) is 16.1 Å². The van der Waals surface area contributed by atoms with Crippen LogP contribution in [0.4, 0.5) is 0 Å². The van der Waals surface area contributed by atoms with E-state index in [1.165, 1.54) is 11.1 Å². The van der Waals surface area contributed by atoms with E-state index in [1.54, 1.807) is 0 Å². The quantitative estimate of drug-likeness (QED) is 0.399. The molecule has 1 fully saturated rings. The summed E-state index contributed by atoms with van der Waals surface area (Å²) in [5.41, 5.74) is 2.44. The lowest BCUT2D eigenvalue weighted by atomic mass is 10.1. The van der Waals surface area contributed by atoms with Crippen molar-refractivity contribution < 1.29 is 9.47 Å². The lowest BCUT2D eigenvalue weighted by Gasteiger charge is -2.04. The van der Waals surface area contributed by atoms with Gasteiger partial charge in [0.1, 0.15) is 6.10 Å². The second kappa shape index (κ2) is 5.83. The minimum Gasteiger partial charge on any atom is -0.377 e. The van der Waals surface area contributed by atoms with Crippen LogP contribution in [0.15, 0.2) is 42.5 Å². The molecule has 1 aliphatic heterocycles. The Morgan fingerprint density at radius 1 is 1.38 bits per heavy atom. The molecule has 0 aliphatic carbocycles. The molecule has 0 radical (unpaired) electrons. The van der Waals surface area contributed by atoms with Gasteiger partial charge in [-0.3, -0.25) is 0 Å². The largest absolute Gasteiger partial charge is 0.377 e. The fourth-order valence-corrected chi connectivity index (χ4v) is 1.61. The van der Waals surface area contributed by atoms with Crippen LogP contribution in [0.1, 0.15) is 18.4 Å². The predicted molar refractivity (Wildman–Crippen MR) is 64.2 cm³/mol. The minimum atomic E-state index is 0.342. The van der Waals surface area contributed by atoms with Crippen LogP contribution in [0.5, 0.6) is 0 Å². The van der Waals surface area contributed by atoms with E-state index in [9.17, 15) is 0 Å². The molecule has 1 heterocycles. The molecular weight excluding hydrogens is 200 g/mol. The molecule has 0 unspecified atom stereocenters. The van der Waals surface area contributed by atoms with Crippen LogP contribution in [-0.4, -0.2) is 19.3 Å². The van der Waals surface area contributed by atoms with Crippen molar-refractivity contribution in [3.05, 3.63) is 48.0 Å². The smallest absolute Gasteiger partial charge is 0.102 e. The third-order valence-corrected chi connectivity index (χ3v) is 2.69. The lowest BCUT2D eigenvalue weighted by molar-refractivity contribution is 0.118. The maximum absolute atomic E-state index is 5.59. The van der Waals surface area contributed by atoms with Gasteiger partial charge in [-0.15, -0.1) is 0 Å². The van der Waals surface area contributed by atoms with Crippen LogP contribution >= 0.6 is 0 Å².